The minimum absolute atomic E-state index is 0.827. The van der Waals surface area contributed by atoms with Crippen LogP contribution in [0.15, 0.2) is 18.5 Å². The summed E-state index contributed by atoms with van der Waals surface area (Å²) in [6.07, 6.45) is 4.87. The maximum absolute atomic E-state index is 5.37. The standard InChI is InChI=1S/C12H19N3O/c1-13-4-2-11-10-14-5-3-12(11)15-6-8-16-9-7-15/h3,5,10,13H,2,4,6-9H2,1H3. The van der Waals surface area contributed by atoms with Gasteiger partial charge in [-0.05, 0) is 31.6 Å². The van der Waals surface area contributed by atoms with Crippen LogP contribution in [-0.4, -0.2) is 44.9 Å². The molecule has 1 aliphatic rings. The number of ether oxygens (including phenoxy) is 1. The second-order valence-electron chi connectivity index (χ2n) is 3.96. The summed E-state index contributed by atoms with van der Waals surface area (Å²) >= 11 is 0. The van der Waals surface area contributed by atoms with Crippen molar-refractivity contribution in [3.05, 3.63) is 24.0 Å². The largest absolute Gasteiger partial charge is 0.378 e. The van der Waals surface area contributed by atoms with Crippen LogP contribution in [0.2, 0.25) is 0 Å². The van der Waals surface area contributed by atoms with E-state index in [1.165, 1.54) is 11.3 Å². The Balaban J connectivity index is 2.11. The van der Waals surface area contributed by atoms with E-state index in [0.717, 1.165) is 39.3 Å². The smallest absolute Gasteiger partial charge is 0.0642 e. The Bertz CT molecular complexity index is 324. The molecule has 0 spiro atoms. The monoisotopic (exact) mass is 221 g/mol. The van der Waals surface area contributed by atoms with E-state index in [4.69, 9.17) is 4.74 Å². The van der Waals surface area contributed by atoms with Crippen LogP contribution in [0, 0.1) is 0 Å². The van der Waals surface area contributed by atoms with Crippen molar-refractivity contribution in [2.45, 2.75) is 6.42 Å². The highest BCUT2D eigenvalue weighted by Crippen LogP contribution is 2.20. The highest BCUT2D eigenvalue weighted by atomic mass is 16.5. The molecule has 4 nitrogen and oxygen atoms in total. The first-order chi connectivity index (χ1) is 7.92. The van der Waals surface area contributed by atoms with Gasteiger partial charge < -0.3 is 15.0 Å². The van der Waals surface area contributed by atoms with Crippen LogP contribution < -0.4 is 10.2 Å². The third kappa shape index (κ3) is 2.71. The lowest BCUT2D eigenvalue weighted by molar-refractivity contribution is 0.122. The molecule has 1 fully saturated rings. The third-order valence-corrected chi connectivity index (χ3v) is 2.87. The molecular weight excluding hydrogens is 202 g/mol. The molecule has 0 radical (unpaired) electrons. The first-order valence-electron chi connectivity index (χ1n) is 5.82. The van der Waals surface area contributed by atoms with Crippen LogP contribution in [-0.2, 0) is 11.2 Å². The molecule has 88 valence electrons. The van der Waals surface area contributed by atoms with E-state index in [1.54, 1.807) is 0 Å². The number of hydrogen-bond donors (Lipinski definition) is 1. The number of hydrogen-bond acceptors (Lipinski definition) is 4. The van der Waals surface area contributed by atoms with E-state index >= 15 is 0 Å². The molecule has 4 heteroatoms. The van der Waals surface area contributed by atoms with Crippen molar-refractivity contribution in [2.24, 2.45) is 0 Å². The van der Waals surface area contributed by atoms with Crippen LogP contribution in [0.25, 0.3) is 0 Å². The first kappa shape index (κ1) is 11.4. The van der Waals surface area contributed by atoms with E-state index < -0.39 is 0 Å². The summed E-state index contributed by atoms with van der Waals surface area (Å²) in [5, 5.41) is 3.18. The van der Waals surface area contributed by atoms with Gasteiger partial charge in [0.2, 0.25) is 0 Å². The Morgan fingerprint density at radius 1 is 1.44 bits per heavy atom. The molecule has 0 amide bonds. The third-order valence-electron chi connectivity index (χ3n) is 2.87. The summed E-state index contributed by atoms with van der Waals surface area (Å²) in [7, 11) is 1.98. The van der Waals surface area contributed by atoms with Gasteiger partial charge in [0.25, 0.3) is 0 Å². The predicted molar refractivity (Wildman–Crippen MR) is 64.9 cm³/mol. The molecule has 1 aromatic heterocycles. The van der Waals surface area contributed by atoms with Crippen molar-refractivity contribution in [1.82, 2.24) is 10.3 Å². The average Bonchev–Trinajstić information content (AvgIpc) is 2.38. The Morgan fingerprint density at radius 2 is 2.25 bits per heavy atom. The molecule has 1 aliphatic heterocycles. The molecule has 2 heterocycles. The molecule has 0 atom stereocenters. The minimum atomic E-state index is 0.827. The summed E-state index contributed by atoms with van der Waals surface area (Å²) < 4.78 is 5.37. The summed E-state index contributed by atoms with van der Waals surface area (Å²) in [6, 6.07) is 2.11. The molecule has 0 aromatic carbocycles. The predicted octanol–water partition coefficient (Wildman–Crippen LogP) is 0.680. The van der Waals surface area contributed by atoms with Crippen molar-refractivity contribution in [3.63, 3.8) is 0 Å². The number of nitrogens with one attached hydrogen (secondary N) is 1. The van der Waals surface area contributed by atoms with Crippen LogP contribution in [0.4, 0.5) is 5.69 Å². The average molecular weight is 221 g/mol. The zero-order chi connectivity index (χ0) is 11.2. The number of anilines is 1. The van der Waals surface area contributed by atoms with E-state index in [9.17, 15) is 0 Å². The van der Waals surface area contributed by atoms with Gasteiger partial charge in [-0.3, -0.25) is 4.98 Å². The number of aromatic nitrogens is 1. The summed E-state index contributed by atoms with van der Waals surface area (Å²) in [4.78, 5) is 6.59. The Labute approximate surface area is 96.6 Å². The Morgan fingerprint density at radius 3 is 3.00 bits per heavy atom. The molecule has 1 saturated heterocycles. The summed E-state index contributed by atoms with van der Waals surface area (Å²) in [5.74, 6) is 0. The van der Waals surface area contributed by atoms with Gasteiger partial charge in [-0.1, -0.05) is 0 Å². The van der Waals surface area contributed by atoms with Crippen LogP contribution in [0.5, 0.6) is 0 Å². The topological polar surface area (TPSA) is 37.4 Å². The molecule has 1 N–H and O–H groups in total. The molecule has 2 rings (SSSR count). The fraction of sp³-hybridized carbons (Fsp3) is 0.583. The van der Waals surface area contributed by atoms with Crippen molar-refractivity contribution >= 4 is 5.69 Å². The lowest BCUT2D eigenvalue weighted by Crippen LogP contribution is -2.37. The highest BCUT2D eigenvalue weighted by molar-refractivity contribution is 5.52. The van der Waals surface area contributed by atoms with E-state index in [2.05, 4.69) is 21.3 Å². The van der Waals surface area contributed by atoms with Crippen LogP contribution in [0.3, 0.4) is 0 Å². The molecule has 1 aromatic rings. The second-order valence-corrected chi connectivity index (χ2v) is 3.96. The molecule has 0 unspecified atom stereocenters. The van der Waals surface area contributed by atoms with Gasteiger partial charge in [0.05, 0.1) is 13.2 Å². The summed E-state index contributed by atoms with van der Waals surface area (Å²) in [6.45, 7) is 4.61. The number of rotatable bonds is 4. The van der Waals surface area contributed by atoms with Gasteiger partial charge in [-0.2, -0.15) is 0 Å². The Kier molecular flexibility index (Phi) is 4.13. The maximum Gasteiger partial charge on any atom is 0.0642 e. The van der Waals surface area contributed by atoms with Gasteiger partial charge in [-0.25, -0.2) is 0 Å². The second kappa shape index (κ2) is 5.82. The Hall–Kier alpha value is -1.13. The van der Waals surface area contributed by atoms with Crippen molar-refractivity contribution < 1.29 is 4.74 Å². The zero-order valence-electron chi connectivity index (χ0n) is 9.78. The first-order valence-corrected chi connectivity index (χ1v) is 5.82. The normalized spacial score (nSPS) is 16.4. The molecule has 16 heavy (non-hydrogen) atoms. The van der Waals surface area contributed by atoms with Gasteiger partial charge in [-0.15, -0.1) is 0 Å². The lowest BCUT2D eigenvalue weighted by Gasteiger charge is -2.30. The zero-order valence-corrected chi connectivity index (χ0v) is 9.78. The van der Waals surface area contributed by atoms with Crippen LogP contribution in [0.1, 0.15) is 5.56 Å². The quantitative estimate of drug-likeness (QED) is 0.811. The van der Waals surface area contributed by atoms with Gasteiger partial charge in [0, 0.05) is 31.2 Å². The number of morpholine rings is 1. The minimum Gasteiger partial charge on any atom is -0.378 e. The SMILES string of the molecule is CNCCc1cnccc1N1CCOCC1. The molecule has 0 saturated carbocycles. The number of likely N-dealkylation sites (N-methyl/N-ethyl adjacent to an activating group) is 1. The summed E-state index contributed by atoms with van der Waals surface area (Å²) in [5.41, 5.74) is 2.63. The van der Waals surface area contributed by atoms with E-state index in [0.29, 0.717) is 0 Å². The number of pyridine rings is 1. The molecule has 0 bridgehead atoms. The lowest BCUT2D eigenvalue weighted by atomic mass is 10.1. The van der Waals surface area contributed by atoms with E-state index in [1.807, 2.05) is 19.4 Å². The maximum atomic E-state index is 5.37. The number of nitrogens with zero attached hydrogens (tertiary/aromatic N) is 2. The highest BCUT2D eigenvalue weighted by Gasteiger charge is 2.14. The van der Waals surface area contributed by atoms with Crippen molar-refractivity contribution in [2.75, 3.05) is 44.8 Å². The van der Waals surface area contributed by atoms with Crippen molar-refractivity contribution in [1.29, 1.82) is 0 Å². The van der Waals surface area contributed by atoms with Gasteiger partial charge in [0.15, 0.2) is 0 Å². The van der Waals surface area contributed by atoms with Gasteiger partial charge >= 0.3 is 0 Å². The fourth-order valence-electron chi connectivity index (χ4n) is 1.98. The van der Waals surface area contributed by atoms with Gasteiger partial charge in [0.1, 0.15) is 0 Å². The van der Waals surface area contributed by atoms with Crippen LogP contribution >= 0.6 is 0 Å². The fourth-order valence-corrected chi connectivity index (χ4v) is 1.98. The molecule has 0 aliphatic carbocycles. The van der Waals surface area contributed by atoms with E-state index in [-0.39, 0.29) is 0 Å². The van der Waals surface area contributed by atoms with Crippen molar-refractivity contribution in [3.8, 4) is 0 Å². The molecular formula is C12H19N3O.